The van der Waals surface area contributed by atoms with Crippen LogP contribution in [-0.4, -0.2) is 11.2 Å². The van der Waals surface area contributed by atoms with E-state index in [1.54, 1.807) is 0 Å². The van der Waals surface area contributed by atoms with E-state index in [0.717, 1.165) is 12.8 Å². The molecular weight excluding hydrogens is 363 g/mol. The van der Waals surface area contributed by atoms with Crippen LogP contribution in [0.15, 0.2) is 11.6 Å². The Balaban J connectivity index is -0.000000249. The van der Waals surface area contributed by atoms with Crippen LogP contribution in [-0.2, 0) is 0 Å². The number of hydrogen-bond acceptors (Lipinski definition) is 1. The predicted molar refractivity (Wildman–Crippen MR) is 48.5 cm³/mol. The fraction of sp³-hybridized carbons (Fsp3) is 0.600. The van der Waals surface area contributed by atoms with Crippen molar-refractivity contribution in [1.29, 1.82) is 0 Å². The minimum atomic E-state index is -0.152. The number of aliphatic hydroxyl groups is 1. The van der Waals surface area contributed by atoms with Gasteiger partial charge in [-0.1, -0.05) is 11.6 Å². The number of terminal acetylenes is 1. The van der Waals surface area contributed by atoms with E-state index in [1.807, 2.05) is 6.92 Å². The SMILES string of the molecule is CC(C)=CCCC(C)O.[Ac].[C-]#C. The molecule has 0 saturated carbocycles. The Kier molecular flexibility index (Phi) is 21.9. The quantitative estimate of drug-likeness (QED) is 0.453. The van der Waals surface area contributed by atoms with Crippen LogP contribution in [0.25, 0.3) is 0 Å². The molecule has 0 aliphatic heterocycles. The standard InChI is InChI=1S/C8H16O.C2H.Ac/c1-7(2)5-4-6-8(3)9;1-2;/h5,8-9H,4,6H2,1-3H3;1H;/q;-1;. The van der Waals surface area contributed by atoms with Gasteiger partial charge >= 0.3 is 0 Å². The van der Waals surface area contributed by atoms with Crippen LogP contribution in [0.1, 0.15) is 33.6 Å². The average Bonchev–Trinajstić information content (AvgIpc) is 1.90. The molecule has 0 aliphatic rings. The third kappa shape index (κ3) is 22.4. The zero-order valence-electron chi connectivity index (χ0n) is 8.17. The normalized spacial score (nSPS) is 9.83. The summed E-state index contributed by atoms with van der Waals surface area (Å²) in [6.07, 6.45) is 12.9. The number of hydrogen-bond donors (Lipinski definition) is 1. The summed E-state index contributed by atoms with van der Waals surface area (Å²) in [5, 5.41) is 8.84. The summed E-state index contributed by atoms with van der Waals surface area (Å²) in [7, 11) is 0. The monoisotopic (exact) mass is 380 g/mol. The van der Waals surface area contributed by atoms with Crippen LogP contribution in [0, 0.1) is 56.9 Å². The second-order valence-electron chi connectivity index (χ2n) is 2.71. The maximum Gasteiger partial charge on any atom is 0.0515 e. The maximum absolute atomic E-state index is 8.84. The smallest absolute Gasteiger partial charge is 0.0515 e. The molecule has 1 nitrogen and oxygen atoms in total. The Bertz CT molecular complexity index is 121. The van der Waals surface area contributed by atoms with E-state index < -0.39 is 0 Å². The van der Waals surface area contributed by atoms with E-state index in [9.17, 15) is 0 Å². The van der Waals surface area contributed by atoms with Gasteiger partial charge in [0.05, 0.1) is 6.10 Å². The molecular formula is C10H17AcO-. The fourth-order valence-corrected chi connectivity index (χ4v) is 0.613. The first-order valence-electron chi connectivity index (χ1n) is 3.73. The van der Waals surface area contributed by atoms with Crippen LogP contribution in [0.3, 0.4) is 0 Å². The van der Waals surface area contributed by atoms with Gasteiger partial charge in [-0.15, -0.1) is 0 Å². The van der Waals surface area contributed by atoms with Gasteiger partial charge in [-0.2, -0.15) is 0 Å². The second kappa shape index (κ2) is 14.2. The van der Waals surface area contributed by atoms with E-state index in [4.69, 9.17) is 11.5 Å². The molecule has 0 fully saturated rings. The van der Waals surface area contributed by atoms with Gasteiger partial charge in [-0.3, -0.25) is 0 Å². The summed E-state index contributed by atoms with van der Waals surface area (Å²) in [4.78, 5) is 0. The van der Waals surface area contributed by atoms with E-state index in [2.05, 4.69) is 26.3 Å². The molecule has 1 N–H and O–H groups in total. The summed E-state index contributed by atoms with van der Waals surface area (Å²) in [5.41, 5.74) is 1.33. The number of allylic oxidation sites excluding steroid dienone is 2. The van der Waals surface area contributed by atoms with Crippen LogP contribution < -0.4 is 0 Å². The minimum absolute atomic E-state index is 0. The molecule has 0 bridgehead atoms. The van der Waals surface area contributed by atoms with Gasteiger partial charge in [-0.25, -0.2) is 0 Å². The van der Waals surface area contributed by atoms with Gasteiger partial charge < -0.3 is 18.0 Å². The van der Waals surface area contributed by atoms with Gasteiger partial charge in [-0.05, 0) is 33.6 Å². The summed E-state index contributed by atoms with van der Waals surface area (Å²) < 4.78 is 0. The van der Waals surface area contributed by atoms with Crippen molar-refractivity contribution >= 4 is 0 Å². The third-order valence-electron chi connectivity index (χ3n) is 1.14. The average molecular weight is 380 g/mol. The molecule has 0 aromatic rings. The zero-order valence-corrected chi connectivity index (χ0v) is 12.9. The Morgan fingerprint density at radius 3 is 2.17 bits per heavy atom. The zero-order chi connectivity index (χ0) is 9.28. The van der Waals surface area contributed by atoms with Crippen molar-refractivity contribution < 1.29 is 49.2 Å². The first-order valence-corrected chi connectivity index (χ1v) is 3.73. The van der Waals surface area contributed by atoms with Crippen molar-refractivity contribution in [2.24, 2.45) is 0 Å². The van der Waals surface area contributed by atoms with Gasteiger partial charge in [0.25, 0.3) is 0 Å². The Labute approximate surface area is 112 Å². The molecule has 0 aromatic carbocycles. The molecule has 0 aromatic heterocycles. The largest absolute Gasteiger partial charge is 0.697 e. The maximum atomic E-state index is 8.84. The topological polar surface area (TPSA) is 20.2 Å². The molecule has 12 heavy (non-hydrogen) atoms. The molecule has 0 aliphatic carbocycles. The molecule has 67 valence electrons. The van der Waals surface area contributed by atoms with E-state index in [1.165, 1.54) is 5.57 Å². The summed E-state index contributed by atoms with van der Waals surface area (Å²) in [6.45, 7) is 5.96. The van der Waals surface area contributed by atoms with Crippen molar-refractivity contribution in [3.63, 3.8) is 0 Å². The predicted octanol–water partition coefficient (Wildman–Crippen LogP) is 2.32. The van der Waals surface area contributed by atoms with Crippen LogP contribution in [0.2, 0.25) is 0 Å². The van der Waals surface area contributed by atoms with Crippen molar-refractivity contribution in [2.75, 3.05) is 0 Å². The third-order valence-corrected chi connectivity index (χ3v) is 1.14. The first kappa shape index (κ1) is 18.5. The minimum Gasteiger partial charge on any atom is -0.697 e. The van der Waals surface area contributed by atoms with Crippen molar-refractivity contribution in [3.05, 3.63) is 18.1 Å². The number of aliphatic hydroxyl groups excluding tert-OH is 1. The Hall–Kier alpha value is 0.702. The summed E-state index contributed by atoms with van der Waals surface area (Å²) >= 11 is 0. The van der Waals surface area contributed by atoms with E-state index in [0.29, 0.717) is 0 Å². The molecule has 1 radical (unpaired) electrons. The van der Waals surface area contributed by atoms with Crippen molar-refractivity contribution in [3.8, 4) is 6.42 Å². The molecule has 0 saturated heterocycles. The Morgan fingerprint density at radius 1 is 1.50 bits per heavy atom. The van der Waals surface area contributed by atoms with Gasteiger partial charge in [0.2, 0.25) is 0 Å². The van der Waals surface area contributed by atoms with Gasteiger partial charge in [0.1, 0.15) is 0 Å². The van der Waals surface area contributed by atoms with E-state index in [-0.39, 0.29) is 50.2 Å². The van der Waals surface area contributed by atoms with Crippen LogP contribution in [0.4, 0.5) is 0 Å². The van der Waals surface area contributed by atoms with Crippen molar-refractivity contribution in [1.82, 2.24) is 0 Å². The molecule has 0 amide bonds. The van der Waals surface area contributed by atoms with Gasteiger partial charge in [0, 0.05) is 44.1 Å². The first-order chi connectivity index (χ1) is 5.13. The molecule has 0 spiro atoms. The summed E-state index contributed by atoms with van der Waals surface area (Å²) in [5.74, 6) is 0. The summed E-state index contributed by atoms with van der Waals surface area (Å²) in [6, 6.07) is 0. The van der Waals surface area contributed by atoms with Crippen molar-refractivity contribution in [2.45, 2.75) is 39.7 Å². The van der Waals surface area contributed by atoms with Crippen LogP contribution in [0.5, 0.6) is 0 Å². The molecule has 2 heteroatoms. The van der Waals surface area contributed by atoms with Gasteiger partial charge in [0.15, 0.2) is 0 Å². The van der Waals surface area contributed by atoms with Crippen LogP contribution >= 0.6 is 0 Å². The fourth-order valence-electron chi connectivity index (χ4n) is 0.613. The Morgan fingerprint density at radius 2 is 1.92 bits per heavy atom. The molecule has 1 unspecified atom stereocenters. The molecule has 1 atom stereocenters. The number of rotatable bonds is 3. The van der Waals surface area contributed by atoms with E-state index >= 15 is 0 Å². The second-order valence-corrected chi connectivity index (χ2v) is 2.71. The molecule has 0 heterocycles. The molecule has 0 rings (SSSR count).